The maximum absolute atomic E-state index is 13.1. The van der Waals surface area contributed by atoms with Crippen LogP contribution in [0.3, 0.4) is 0 Å². The van der Waals surface area contributed by atoms with Crippen LogP contribution < -0.4 is 0 Å². The largest absolute Gasteiger partial charge is 0.339 e. The Hall–Kier alpha value is -2.95. The number of nitrogens with zero attached hydrogens (tertiary/aromatic N) is 2. The van der Waals surface area contributed by atoms with Gasteiger partial charge in [0.05, 0.1) is 11.1 Å². The van der Waals surface area contributed by atoms with Gasteiger partial charge in [-0.1, -0.05) is 56.0 Å². The number of fused-ring (bicyclic) bond motifs is 1. The van der Waals surface area contributed by atoms with Crippen molar-refractivity contribution in [2.75, 3.05) is 13.6 Å². The minimum atomic E-state index is -0.308. The molecular formula is C25H28N2O3. The first-order chi connectivity index (χ1) is 14.6. The number of carbonyl (C=O) groups is 3. The zero-order chi connectivity index (χ0) is 21.1. The van der Waals surface area contributed by atoms with Gasteiger partial charge in [-0.25, -0.2) is 0 Å². The van der Waals surface area contributed by atoms with Gasteiger partial charge in [-0.05, 0) is 43.0 Å². The zero-order valence-electron chi connectivity index (χ0n) is 17.5. The first kappa shape index (κ1) is 20.3. The Morgan fingerprint density at radius 3 is 2.30 bits per heavy atom. The summed E-state index contributed by atoms with van der Waals surface area (Å²) in [5.74, 6) is -0.660. The molecule has 4 rings (SSSR count). The normalized spacial score (nSPS) is 17.0. The molecule has 156 valence electrons. The Labute approximate surface area is 177 Å². The van der Waals surface area contributed by atoms with E-state index in [9.17, 15) is 14.4 Å². The third kappa shape index (κ3) is 4.02. The fourth-order valence-electron chi connectivity index (χ4n) is 4.53. The summed E-state index contributed by atoms with van der Waals surface area (Å²) < 4.78 is 0. The van der Waals surface area contributed by atoms with E-state index in [2.05, 4.69) is 0 Å². The highest BCUT2D eigenvalue weighted by Gasteiger charge is 2.36. The van der Waals surface area contributed by atoms with Gasteiger partial charge in [-0.2, -0.15) is 0 Å². The summed E-state index contributed by atoms with van der Waals surface area (Å²) in [6, 6.07) is 15.0. The smallest absolute Gasteiger partial charge is 0.261 e. The van der Waals surface area contributed by atoms with E-state index in [1.165, 1.54) is 17.7 Å². The molecule has 0 saturated heterocycles. The van der Waals surface area contributed by atoms with Crippen LogP contribution in [0.1, 0.15) is 75.2 Å². The van der Waals surface area contributed by atoms with Crippen LogP contribution in [0.5, 0.6) is 0 Å². The lowest BCUT2D eigenvalue weighted by atomic mass is 10.0. The van der Waals surface area contributed by atoms with Crippen molar-refractivity contribution in [3.63, 3.8) is 0 Å². The van der Waals surface area contributed by atoms with E-state index in [0.29, 0.717) is 29.7 Å². The maximum Gasteiger partial charge on any atom is 0.261 e. The van der Waals surface area contributed by atoms with E-state index in [-0.39, 0.29) is 23.8 Å². The third-order valence-corrected chi connectivity index (χ3v) is 6.38. The summed E-state index contributed by atoms with van der Waals surface area (Å²) in [5, 5.41) is 0. The lowest BCUT2D eigenvalue weighted by Gasteiger charge is -2.27. The first-order valence-corrected chi connectivity index (χ1v) is 10.9. The minimum Gasteiger partial charge on any atom is -0.339 e. The van der Waals surface area contributed by atoms with Crippen LogP contribution >= 0.6 is 0 Å². The number of carbonyl (C=O) groups excluding carboxylic acids is 3. The molecule has 1 fully saturated rings. The summed E-state index contributed by atoms with van der Waals surface area (Å²) in [4.78, 5) is 41.8. The average Bonchev–Trinajstić information content (AvgIpc) is 2.96. The highest BCUT2D eigenvalue weighted by Crippen LogP contribution is 2.26. The minimum absolute atomic E-state index is 0.0762. The number of amides is 3. The number of hydrogen-bond acceptors (Lipinski definition) is 3. The quantitative estimate of drug-likeness (QED) is 0.551. The van der Waals surface area contributed by atoms with Crippen molar-refractivity contribution >= 4 is 17.7 Å². The molecule has 1 saturated carbocycles. The standard InChI is InChI=1S/C25H28N2O3/c1-26(20-11-7-2-3-8-12-20)23(28)19-13-14-21-22(17-19)25(30)27(24(21)29)16-15-18-9-5-4-6-10-18/h4-6,9-10,13-14,17,20H,2-3,7-8,11-12,15-16H2,1H3. The van der Waals surface area contributed by atoms with Gasteiger partial charge in [0.2, 0.25) is 0 Å². The molecule has 1 aliphatic heterocycles. The van der Waals surface area contributed by atoms with Crippen molar-refractivity contribution in [3.8, 4) is 0 Å². The second-order valence-electron chi connectivity index (χ2n) is 8.32. The van der Waals surface area contributed by atoms with E-state index in [1.807, 2.05) is 42.3 Å². The van der Waals surface area contributed by atoms with Gasteiger partial charge < -0.3 is 4.90 Å². The molecule has 0 N–H and O–H groups in total. The van der Waals surface area contributed by atoms with E-state index in [1.54, 1.807) is 18.2 Å². The molecule has 2 aromatic rings. The van der Waals surface area contributed by atoms with E-state index in [0.717, 1.165) is 31.2 Å². The SMILES string of the molecule is CN(C(=O)c1ccc2c(c1)C(=O)N(CCc1ccccc1)C2=O)C1CCCCCC1. The van der Waals surface area contributed by atoms with Crippen molar-refractivity contribution in [1.82, 2.24) is 9.80 Å². The highest BCUT2D eigenvalue weighted by molar-refractivity contribution is 6.22. The second kappa shape index (κ2) is 8.82. The molecular weight excluding hydrogens is 376 g/mol. The average molecular weight is 405 g/mol. The van der Waals surface area contributed by atoms with Crippen LogP contribution in [0.2, 0.25) is 0 Å². The van der Waals surface area contributed by atoms with Gasteiger partial charge in [-0.15, -0.1) is 0 Å². The van der Waals surface area contributed by atoms with Crippen LogP contribution in [-0.4, -0.2) is 47.2 Å². The van der Waals surface area contributed by atoms with Crippen LogP contribution in [-0.2, 0) is 6.42 Å². The lowest BCUT2D eigenvalue weighted by Crippen LogP contribution is -2.36. The molecule has 0 unspecified atom stereocenters. The number of imide groups is 1. The van der Waals surface area contributed by atoms with Gasteiger partial charge in [-0.3, -0.25) is 19.3 Å². The molecule has 0 spiro atoms. The van der Waals surface area contributed by atoms with Crippen molar-refractivity contribution < 1.29 is 14.4 Å². The predicted molar refractivity (Wildman–Crippen MR) is 116 cm³/mol. The maximum atomic E-state index is 13.1. The van der Waals surface area contributed by atoms with E-state index < -0.39 is 0 Å². The molecule has 1 heterocycles. The molecule has 0 atom stereocenters. The van der Waals surface area contributed by atoms with Crippen molar-refractivity contribution in [2.24, 2.45) is 0 Å². The highest BCUT2D eigenvalue weighted by atomic mass is 16.2. The predicted octanol–water partition coefficient (Wildman–Crippen LogP) is 4.32. The topological polar surface area (TPSA) is 57.7 Å². The monoisotopic (exact) mass is 404 g/mol. The number of benzene rings is 2. The van der Waals surface area contributed by atoms with Gasteiger partial charge in [0.25, 0.3) is 17.7 Å². The summed E-state index contributed by atoms with van der Waals surface area (Å²) in [6.07, 6.45) is 7.42. The Balaban J connectivity index is 1.49. The molecule has 0 radical (unpaired) electrons. The van der Waals surface area contributed by atoms with Crippen molar-refractivity contribution in [2.45, 2.75) is 51.0 Å². The Morgan fingerprint density at radius 1 is 0.933 bits per heavy atom. The molecule has 2 aliphatic rings. The molecule has 5 heteroatoms. The molecule has 5 nitrogen and oxygen atoms in total. The Kier molecular flexibility index (Phi) is 5.98. The molecule has 30 heavy (non-hydrogen) atoms. The Bertz CT molecular complexity index is 946. The zero-order valence-corrected chi connectivity index (χ0v) is 17.5. The van der Waals surface area contributed by atoms with Crippen molar-refractivity contribution in [3.05, 3.63) is 70.8 Å². The molecule has 0 aromatic heterocycles. The van der Waals surface area contributed by atoms with E-state index in [4.69, 9.17) is 0 Å². The van der Waals surface area contributed by atoms with Crippen LogP contribution in [0.15, 0.2) is 48.5 Å². The van der Waals surface area contributed by atoms with Gasteiger partial charge in [0.15, 0.2) is 0 Å². The molecule has 0 bridgehead atoms. The summed E-state index contributed by atoms with van der Waals surface area (Å²) in [5.41, 5.74) is 2.29. The molecule has 3 amide bonds. The summed E-state index contributed by atoms with van der Waals surface area (Å²) in [7, 11) is 1.85. The summed E-state index contributed by atoms with van der Waals surface area (Å²) >= 11 is 0. The molecule has 2 aromatic carbocycles. The van der Waals surface area contributed by atoms with Crippen LogP contribution in [0.4, 0.5) is 0 Å². The van der Waals surface area contributed by atoms with E-state index >= 15 is 0 Å². The van der Waals surface area contributed by atoms with Crippen LogP contribution in [0.25, 0.3) is 0 Å². The van der Waals surface area contributed by atoms with Gasteiger partial charge >= 0.3 is 0 Å². The Morgan fingerprint density at radius 2 is 1.60 bits per heavy atom. The third-order valence-electron chi connectivity index (χ3n) is 6.38. The molecule has 1 aliphatic carbocycles. The first-order valence-electron chi connectivity index (χ1n) is 10.9. The number of hydrogen-bond donors (Lipinski definition) is 0. The fraction of sp³-hybridized carbons (Fsp3) is 0.400. The number of rotatable bonds is 5. The second-order valence-corrected chi connectivity index (χ2v) is 8.32. The van der Waals surface area contributed by atoms with Crippen molar-refractivity contribution in [1.29, 1.82) is 0 Å². The van der Waals surface area contributed by atoms with Gasteiger partial charge in [0.1, 0.15) is 0 Å². The van der Waals surface area contributed by atoms with Crippen LogP contribution in [0, 0.1) is 0 Å². The van der Waals surface area contributed by atoms with Gasteiger partial charge in [0, 0.05) is 25.2 Å². The lowest BCUT2D eigenvalue weighted by molar-refractivity contribution is 0.0655. The fourth-order valence-corrected chi connectivity index (χ4v) is 4.53. The summed E-state index contributed by atoms with van der Waals surface area (Å²) in [6.45, 7) is 0.335.